The molecule has 0 saturated carbocycles. The number of hydrogen-bond donors (Lipinski definition) is 0. The molecule has 0 saturated heterocycles. The van der Waals surface area contributed by atoms with Crippen LogP contribution in [0.15, 0.2) is 36.7 Å². The SMILES string of the molecule is Cn1cc(-c2c[c-]ccc2)cn1.[K+]. The van der Waals surface area contributed by atoms with Gasteiger partial charge in [0.05, 0.1) is 0 Å². The third kappa shape index (κ3) is 2.76. The topological polar surface area (TPSA) is 17.8 Å². The minimum absolute atomic E-state index is 0. The third-order valence-electron chi connectivity index (χ3n) is 1.75. The molecule has 0 amide bonds. The molecule has 2 rings (SSSR count). The van der Waals surface area contributed by atoms with Crippen LogP contribution in [0.3, 0.4) is 0 Å². The summed E-state index contributed by atoms with van der Waals surface area (Å²) in [6, 6.07) is 10.9. The van der Waals surface area contributed by atoms with Crippen molar-refractivity contribution in [3.63, 3.8) is 0 Å². The summed E-state index contributed by atoms with van der Waals surface area (Å²) in [6.07, 6.45) is 3.84. The van der Waals surface area contributed by atoms with Crippen LogP contribution in [0.5, 0.6) is 0 Å². The maximum atomic E-state index is 4.10. The summed E-state index contributed by atoms with van der Waals surface area (Å²) >= 11 is 0. The van der Waals surface area contributed by atoms with Crippen molar-refractivity contribution in [2.45, 2.75) is 0 Å². The van der Waals surface area contributed by atoms with E-state index in [4.69, 9.17) is 0 Å². The molecular weight excluding hydrogens is 187 g/mol. The molecule has 3 heteroatoms. The van der Waals surface area contributed by atoms with Crippen molar-refractivity contribution >= 4 is 0 Å². The quantitative estimate of drug-likeness (QED) is 0.418. The standard InChI is InChI=1S/C10H9N2.K/c1-12-8-10(7-11-12)9-5-3-2-4-6-9;/h2-3,5-8H,1H3;/q-1;+1. The maximum absolute atomic E-state index is 4.10. The normalized spacial score (nSPS) is 9.31. The Morgan fingerprint density at radius 1 is 1.38 bits per heavy atom. The molecule has 0 atom stereocenters. The molecule has 2 aromatic rings. The second-order valence-electron chi connectivity index (χ2n) is 2.69. The van der Waals surface area contributed by atoms with Gasteiger partial charge in [-0.1, -0.05) is 0 Å². The van der Waals surface area contributed by atoms with Crippen molar-refractivity contribution in [1.82, 2.24) is 9.78 Å². The minimum Gasteiger partial charge on any atom is -0.276 e. The summed E-state index contributed by atoms with van der Waals surface area (Å²) in [5.74, 6) is 0. The molecular formula is C10H9KN2. The fourth-order valence-electron chi connectivity index (χ4n) is 1.14. The molecule has 0 N–H and O–H groups in total. The van der Waals surface area contributed by atoms with Gasteiger partial charge in [0.2, 0.25) is 0 Å². The van der Waals surface area contributed by atoms with Gasteiger partial charge in [-0.15, -0.1) is 5.56 Å². The van der Waals surface area contributed by atoms with Gasteiger partial charge >= 0.3 is 51.4 Å². The van der Waals surface area contributed by atoms with Crippen LogP contribution < -0.4 is 51.4 Å². The second kappa shape index (κ2) is 5.07. The van der Waals surface area contributed by atoms with Crippen LogP contribution in [0, 0.1) is 6.07 Å². The van der Waals surface area contributed by atoms with E-state index in [2.05, 4.69) is 11.2 Å². The van der Waals surface area contributed by atoms with Gasteiger partial charge < -0.3 is 0 Å². The summed E-state index contributed by atoms with van der Waals surface area (Å²) in [5.41, 5.74) is 2.29. The minimum atomic E-state index is 0. The smallest absolute Gasteiger partial charge is 0.276 e. The van der Waals surface area contributed by atoms with Crippen molar-refractivity contribution < 1.29 is 51.4 Å². The molecule has 60 valence electrons. The van der Waals surface area contributed by atoms with E-state index in [0.29, 0.717) is 0 Å². The molecule has 0 aliphatic carbocycles. The van der Waals surface area contributed by atoms with Crippen molar-refractivity contribution in [2.75, 3.05) is 0 Å². The second-order valence-corrected chi connectivity index (χ2v) is 2.69. The van der Waals surface area contributed by atoms with Crippen molar-refractivity contribution in [1.29, 1.82) is 0 Å². The predicted molar refractivity (Wildman–Crippen MR) is 47.5 cm³/mol. The molecule has 2 nitrogen and oxygen atoms in total. The molecule has 0 radical (unpaired) electrons. The Morgan fingerprint density at radius 2 is 2.23 bits per heavy atom. The van der Waals surface area contributed by atoms with Gasteiger partial charge in [-0.25, -0.2) is 0 Å². The first-order valence-electron chi connectivity index (χ1n) is 3.81. The fourth-order valence-corrected chi connectivity index (χ4v) is 1.14. The summed E-state index contributed by atoms with van der Waals surface area (Å²) in [5, 5.41) is 4.10. The monoisotopic (exact) mass is 196 g/mol. The van der Waals surface area contributed by atoms with Crippen LogP contribution in [0.1, 0.15) is 0 Å². The largest absolute Gasteiger partial charge is 1.00 e. The van der Waals surface area contributed by atoms with E-state index in [1.54, 1.807) is 4.68 Å². The van der Waals surface area contributed by atoms with Crippen LogP contribution in [0.4, 0.5) is 0 Å². The number of benzene rings is 1. The fraction of sp³-hybridized carbons (Fsp3) is 0.100. The maximum Gasteiger partial charge on any atom is 1.00 e. The first-order chi connectivity index (χ1) is 5.86. The molecule has 0 fully saturated rings. The zero-order valence-electron chi connectivity index (χ0n) is 7.86. The Kier molecular flexibility index (Phi) is 4.35. The average molecular weight is 196 g/mol. The zero-order valence-corrected chi connectivity index (χ0v) is 11.0. The summed E-state index contributed by atoms with van der Waals surface area (Å²) in [6.45, 7) is 0. The van der Waals surface area contributed by atoms with E-state index in [0.717, 1.165) is 11.1 Å². The van der Waals surface area contributed by atoms with Gasteiger partial charge in [0.1, 0.15) is 0 Å². The summed E-state index contributed by atoms with van der Waals surface area (Å²) in [4.78, 5) is 0. The number of nitrogens with zero attached hydrogens (tertiary/aromatic N) is 2. The van der Waals surface area contributed by atoms with Crippen molar-refractivity contribution in [2.24, 2.45) is 7.05 Å². The van der Waals surface area contributed by atoms with Gasteiger partial charge in [-0.3, -0.25) is 4.68 Å². The molecule has 0 unspecified atom stereocenters. The van der Waals surface area contributed by atoms with Crippen LogP contribution in [-0.4, -0.2) is 9.78 Å². The first kappa shape index (κ1) is 11.1. The molecule has 0 aliphatic heterocycles. The van der Waals surface area contributed by atoms with E-state index in [1.807, 2.05) is 43.7 Å². The molecule has 0 spiro atoms. The van der Waals surface area contributed by atoms with E-state index in [1.165, 1.54) is 0 Å². The predicted octanol–water partition coefficient (Wildman–Crippen LogP) is -1.11. The van der Waals surface area contributed by atoms with E-state index >= 15 is 0 Å². The zero-order chi connectivity index (χ0) is 8.39. The van der Waals surface area contributed by atoms with Crippen molar-refractivity contribution in [3.8, 4) is 11.1 Å². The molecule has 1 aromatic heterocycles. The summed E-state index contributed by atoms with van der Waals surface area (Å²) < 4.78 is 1.79. The summed E-state index contributed by atoms with van der Waals surface area (Å²) in [7, 11) is 1.91. The van der Waals surface area contributed by atoms with Gasteiger partial charge in [0.25, 0.3) is 0 Å². The Bertz CT molecular complexity index is 367. The Morgan fingerprint density at radius 3 is 2.77 bits per heavy atom. The van der Waals surface area contributed by atoms with Gasteiger partial charge in [-0.05, 0) is 5.56 Å². The Hall–Kier alpha value is 0.0664. The molecule has 0 bridgehead atoms. The molecule has 13 heavy (non-hydrogen) atoms. The number of rotatable bonds is 1. The van der Waals surface area contributed by atoms with E-state index in [9.17, 15) is 0 Å². The number of hydrogen-bond acceptors (Lipinski definition) is 1. The van der Waals surface area contributed by atoms with Crippen LogP contribution >= 0.6 is 0 Å². The average Bonchev–Trinajstić information content (AvgIpc) is 2.54. The first-order valence-corrected chi connectivity index (χ1v) is 3.81. The third-order valence-corrected chi connectivity index (χ3v) is 1.75. The van der Waals surface area contributed by atoms with Gasteiger partial charge in [-0.2, -0.15) is 35.4 Å². The van der Waals surface area contributed by atoms with Gasteiger partial charge in [0, 0.05) is 19.4 Å². The van der Waals surface area contributed by atoms with Crippen LogP contribution in [-0.2, 0) is 7.05 Å². The Balaban J connectivity index is 0.000000845. The van der Waals surface area contributed by atoms with E-state index in [-0.39, 0.29) is 51.4 Å². The number of aromatic nitrogens is 2. The van der Waals surface area contributed by atoms with E-state index < -0.39 is 0 Å². The molecule has 1 heterocycles. The molecule has 1 aromatic carbocycles. The van der Waals surface area contributed by atoms with Crippen LogP contribution in [0.25, 0.3) is 11.1 Å². The molecule has 0 aliphatic rings. The van der Waals surface area contributed by atoms with Crippen molar-refractivity contribution in [3.05, 3.63) is 42.7 Å². The number of aryl methyl sites for hydroxylation is 1. The van der Waals surface area contributed by atoms with Crippen LogP contribution in [0.2, 0.25) is 0 Å². The Labute approximate surface area is 120 Å². The van der Waals surface area contributed by atoms with Gasteiger partial charge in [0.15, 0.2) is 0 Å².